The van der Waals surface area contributed by atoms with E-state index in [2.05, 4.69) is 4.98 Å². The molecule has 2 nitrogen and oxygen atoms in total. The molecule has 0 aliphatic carbocycles. The maximum Gasteiger partial charge on any atom is 0.182 e. The van der Waals surface area contributed by atoms with Crippen LogP contribution in [0.5, 0.6) is 0 Å². The maximum atomic E-state index is 11.3. The van der Waals surface area contributed by atoms with Crippen LogP contribution in [0.25, 0.3) is 11.3 Å². The van der Waals surface area contributed by atoms with Crippen molar-refractivity contribution in [1.29, 1.82) is 0 Å². The standard InChI is InChI=1S/C12H10ClNO/c1-8-6-9(15)7-12(14-8)10-4-2-3-5-11(10)13/h2-7H,1H3,(H,14,15). The molecule has 0 unspecified atom stereocenters. The number of aromatic amines is 1. The minimum Gasteiger partial charge on any atom is -0.358 e. The Morgan fingerprint density at radius 3 is 2.60 bits per heavy atom. The van der Waals surface area contributed by atoms with Crippen LogP contribution in [0, 0.1) is 6.92 Å². The molecule has 0 aliphatic rings. The molecule has 0 bridgehead atoms. The van der Waals surface area contributed by atoms with Crippen molar-refractivity contribution >= 4 is 11.6 Å². The van der Waals surface area contributed by atoms with E-state index in [-0.39, 0.29) is 5.43 Å². The molecule has 15 heavy (non-hydrogen) atoms. The lowest BCUT2D eigenvalue weighted by molar-refractivity contribution is 1.19. The number of hydrogen-bond acceptors (Lipinski definition) is 1. The van der Waals surface area contributed by atoms with Crippen LogP contribution in [-0.2, 0) is 0 Å². The number of aryl methyl sites for hydroxylation is 1. The Hall–Kier alpha value is -1.54. The first-order valence-electron chi connectivity index (χ1n) is 4.63. The average molecular weight is 220 g/mol. The zero-order valence-electron chi connectivity index (χ0n) is 8.25. The van der Waals surface area contributed by atoms with Crippen LogP contribution < -0.4 is 5.43 Å². The fourth-order valence-electron chi connectivity index (χ4n) is 1.51. The zero-order chi connectivity index (χ0) is 10.8. The highest BCUT2D eigenvalue weighted by Crippen LogP contribution is 2.24. The van der Waals surface area contributed by atoms with Crippen molar-refractivity contribution < 1.29 is 0 Å². The van der Waals surface area contributed by atoms with E-state index < -0.39 is 0 Å². The topological polar surface area (TPSA) is 32.9 Å². The van der Waals surface area contributed by atoms with E-state index in [1.165, 1.54) is 0 Å². The fraction of sp³-hybridized carbons (Fsp3) is 0.0833. The molecule has 0 atom stereocenters. The first-order chi connectivity index (χ1) is 7.16. The molecule has 0 aliphatic heterocycles. The van der Waals surface area contributed by atoms with E-state index in [1.54, 1.807) is 18.2 Å². The normalized spacial score (nSPS) is 10.3. The molecule has 0 fully saturated rings. The van der Waals surface area contributed by atoms with Gasteiger partial charge in [-0.2, -0.15) is 0 Å². The summed E-state index contributed by atoms with van der Waals surface area (Å²) in [7, 11) is 0. The van der Waals surface area contributed by atoms with Crippen molar-refractivity contribution in [1.82, 2.24) is 4.98 Å². The lowest BCUT2D eigenvalue weighted by atomic mass is 10.1. The van der Waals surface area contributed by atoms with E-state index in [1.807, 2.05) is 25.1 Å². The summed E-state index contributed by atoms with van der Waals surface area (Å²) < 4.78 is 0. The summed E-state index contributed by atoms with van der Waals surface area (Å²) in [4.78, 5) is 14.5. The van der Waals surface area contributed by atoms with Gasteiger partial charge in [0, 0.05) is 28.4 Å². The summed E-state index contributed by atoms with van der Waals surface area (Å²) in [6.45, 7) is 1.85. The van der Waals surface area contributed by atoms with E-state index in [9.17, 15) is 4.79 Å². The molecule has 76 valence electrons. The summed E-state index contributed by atoms with van der Waals surface area (Å²) in [5.41, 5.74) is 2.42. The highest BCUT2D eigenvalue weighted by Gasteiger charge is 2.03. The SMILES string of the molecule is Cc1cc(=O)cc(-c2ccccc2Cl)[nH]1. The fourth-order valence-corrected chi connectivity index (χ4v) is 1.74. The number of H-pyrrole nitrogens is 1. The van der Waals surface area contributed by atoms with Gasteiger partial charge in [0.1, 0.15) is 0 Å². The third-order valence-electron chi connectivity index (χ3n) is 2.14. The molecule has 3 heteroatoms. The maximum absolute atomic E-state index is 11.3. The molecule has 1 aromatic heterocycles. The second-order valence-electron chi connectivity index (χ2n) is 3.39. The monoisotopic (exact) mass is 219 g/mol. The van der Waals surface area contributed by atoms with Gasteiger partial charge in [-0.3, -0.25) is 4.79 Å². The third kappa shape index (κ3) is 2.10. The first kappa shape index (κ1) is 9.99. The molecule has 0 amide bonds. The molecule has 0 spiro atoms. The number of benzene rings is 1. The molecule has 0 saturated carbocycles. The predicted octanol–water partition coefficient (Wildman–Crippen LogP) is 3.00. The highest BCUT2D eigenvalue weighted by atomic mass is 35.5. The van der Waals surface area contributed by atoms with Gasteiger partial charge in [0.05, 0.1) is 5.69 Å². The van der Waals surface area contributed by atoms with Crippen LogP contribution in [0.15, 0.2) is 41.2 Å². The number of pyridine rings is 1. The van der Waals surface area contributed by atoms with Gasteiger partial charge in [0.25, 0.3) is 0 Å². The molecule has 2 rings (SSSR count). The molecule has 1 aromatic carbocycles. The summed E-state index contributed by atoms with van der Waals surface area (Å²) >= 11 is 6.04. The number of aromatic nitrogens is 1. The highest BCUT2D eigenvalue weighted by molar-refractivity contribution is 6.33. The van der Waals surface area contributed by atoms with Crippen molar-refractivity contribution in [2.75, 3.05) is 0 Å². The number of halogens is 1. The Bertz CT molecular complexity index is 545. The van der Waals surface area contributed by atoms with Gasteiger partial charge in [0.2, 0.25) is 0 Å². The molecule has 1 heterocycles. The molecular weight excluding hydrogens is 210 g/mol. The van der Waals surface area contributed by atoms with Gasteiger partial charge in [-0.1, -0.05) is 29.8 Å². The summed E-state index contributed by atoms with van der Waals surface area (Å²) in [6.07, 6.45) is 0. The summed E-state index contributed by atoms with van der Waals surface area (Å²) in [6, 6.07) is 10.5. The lowest BCUT2D eigenvalue weighted by Crippen LogP contribution is -2.01. The van der Waals surface area contributed by atoms with Crippen molar-refractivity contribution in [3.05, 3.63) is 57.3 Å². The Morgan fingerprint density at radius 2 is 1.93 bits per heavy atom. The van der Waals surface area contributed by atoms with Gasteiger partial charge in [0.15, 0.2) is 5.43 Å². The van der Waals surface area contributed by atoms with Crippen LogP contribution in [0.2, 0.25) is 5.02 Å². The second-order valence-corrected chi connectivity index (χ2v) is 3.80. The summed E-state index contributed by atoms with van der Waals surface area (Å²) in [5.74, 6) is 0. The number of nitrogens with one attached hydrogen (secondary N) is 1. The molecule has 1 N–H and O–H groups in total. The van der Waals surface area contributed by atoms with Crippen LogP contribution in [-0.4, -0.2) is 4.98 Å². The molecular formula is C12H10ClNO. The van der Waals surface area contributed by atoms with Crippen LogP contribution in [0.1, 0.15) is 5.69 Å². The van der Waals surface area contributed by atoms with Gasteiger partial charge in [-0.05, 0) is 13.0 Å². The Labute approximate surface area is 92.5 Å². The van der Waals surface area contributed by atoms with Crippen LogP contribution >= 0.6 is 11.6 Å². The van der Waals surface area contributed by atoms with Crippen molar-refractivity contribution in [3.8, 4) is 11.3 Å². The first-order valence-corrected chi connectivity index (χ1v) is 5.00. The van der Waals surface area contributed by atoms with Gasteiger partial charge in [-0.25, -0.2) is 0 Å². The van der Waals surface area contributed by atoms with Gasteiger partial charge < -0.3 is 4.98 Å². The second kappa shape index (κ2) is 3.91. The number of rotatable bonds is 1. The molecule has 0 saturated heterocycles. The van der Waals surface area contributed by atoms with E-state index in [0.717, 1.165) is 17.0 Å². The van der Waals surface area contributed by atoms with Crippen molar-refractivity contribution in [3.63, 3.8) is 0 Å². The average Bonchev–Trinajstić information content (AvgIpc) is 2.16. The third-order valence-corrected chi connectivity index (χ3v) is 2.47. The van der Waals surface area contributed by atoms with Gasteiger partial charge >= 0.3 is 0 Å². The van der Waals surface area contributed by atoms with Crippen molar-refractivity contribution in [2.24, 2.45) is 0 Å². The van der Waals surface area contributed by atoms with Crippen LogP contribution in [0.3, 0.4) is 0 Å². The minimum atomic E-state index is -0.0128. The van der Waals surface area contributed by atoms with Crippen molar-refractivity contribution in [2.45, 2.75) is 6.92 Å². The zero-order valence-corrected chi connectivity index (χ0v) is 9.01. The predicted molar refractivity (Wildman–Crippen MR) is 62.2 cm³/mol. The molecule has 0 radical (unpaired) electrons. The Morgan fingerprint density at radius 1 is 1.20 bits per heavy atom. The lowest BCUT2D eigenvalue weighted by Gasteiger charge is -2.04. The summed E-state index contributed by atoms with van der Waals surface area (Å²) in [5, 5.41) is 0.638. The van der Waals surface area contributed by atoms with E-state index >= 15 is 0 Å². The van der Waals surface area contributed by atoms with Gasteiger partial charge in [-0.15, -0.1) is 0 Å². The largest absolute Gasteiger partial charge is 0.358 e. The smallest absolute Gasteiger partial charge is 0.182 e. The number of hydrogen-bond donors (Lipinski definition) is 1. The van der Waals surface area contributed by atoms with E-state index in [4.69, 9.17) is 11.6 Å². The Balaban J connectivity index is 2.64. The quantitative estimate of drug-likeness (QED) is 0.786. The minimum absolute atomic E-state index is 0.0128. The van der Waals surface area contributed by atoms with E-state index in [0.29, 0.717) is 5.02 Å². The molecule has 2 aromatic rings. The Kier molecular flexibility index (Phi) is 2.60. The van der Waals surface area contributed by atoms with Crippen LogP contribution in [0.4, 0.5) is 0 Å².